The van der Waals surface area contributed by atoms with Gasteiger partial charge in [0.2, 0.25) is 10.0 Å². The zero-order chi connectivity index (χ0) is 25.9. The van der Waals surface area contributed by atoms with Crippen molar-refractivity contribution in [2.45, 2.75) is 17.4 Å². The highest BCUT2D eigenvalue weighted by atomic mass is 32.2. The van der Waals surface area contributed by atoms with Crippen molar-refractivity contribution in [3.8, 4) is 0 Å². The number of rotatable bonds is 8. The van der Waals surface area contributed by atoms with Crippen LogP contribution in [-0.4, -0.2) is 92.8 Å². The maximum atomic E-state index is 13.2. The lowest BCUT2D eigenvalue weighted by molar-refractivity contribution is -0.140. The second-order valence-electron chi connectivity index (χ2n) is 9.02. The van der Waals surface area contributed by atoms with Crippen molar-refractivity contribution < 1.29 is 27.9 Å². The molecular weight excluding hydrogens is 482 g/mol. The van der Waals surface area contributed by atoms with Gasteiger partial charge in [0.05, 0.1) is 29.7 Å². The molecule has 2 heterocycles. The molecule has 0 saturated carbocycles. The minimum Gasteiger partial charge on any atom is -0.507 e. The van der Waals surface area contributed by atoms with E-state index in [0.29, 0.717) is 26.2 Å². The molecule has 36 heavy (non-hydrogen) atoms. The molecule has 2 aromatic rings. The Balaban J connectivity index is 1.66. The Kier molecular flexibility index (Phi) is 7.89. The molecule has 0 aromatic heterocycles. The number of benzene rings is 2. The number of hydrogen-bond donors (Lipinski definition) is 1. The van der Waals surface area contributed by atoms with Crippen LogP contribution in [0.5, 0.6) is 0 Å². The van der Waals surface area contributed by atoms with Crippen LogP contribution in [0.4, 0.5) is 0 Å². The molecule has 1 amide bonds. The first kappa shape index (κ1) is 26.0. The SMILES string of the molecule is CN(C)S(=O)(=O)c1ccc(C(O)=C2C(=O)C(=O)N(CCCN3CCOCC3)[C@@H]2c2ccccc2)cc1. The summed E-state index contributed by atoms with van der Waals surface area (Å²) in [5.41, 5.74) is 0.983. The summed E-state index contributed by atoms with van der Waals surface area (Å²) >= 11 is 0. The van der Waals surface area contributed by atoms with Gasteiger partial charge in [-0.25, -0.2) is 12.7 Å². The Morgan fingerprint density at radius 3 is 2.25 bits per heavy atom. The number of morpholine rings is 1. The fraction of sp³-hybridized carbons (Fsp3) is 0.385. The lowest BCUT2D eigenvalue weighted by Gasteiger charge is -2.29. The molecule has 0 unspecified atom stereocenters. The number of Topliss-reactive ketones (excluding diaryl/α,β-unsaturated/α-hetero) is 1. The highest BCUT2D eigenvalue weighted by Crippen LogP contribution is 2.39. The van der Waals surface area contributed by atoms with E-state index in [4.69, 9.17) is 4.74 Å². The van der Waals surface area contributed by atoms with E-state index < -0.39 is 27.8 Å². The lowest BCUT2D eigenvalue weighted by atomic mass is 9.95. The van der Waals surface area contributed by atoms with E-state index in [9.17, 15) is 23.1 Å². The summed E-state index contributed by atoms with van der Waals surface area (Å²) in [5.74, 6) is -1.73. The predicted octanol–water partition coefficient (Wildman–Crippen LogP) is 2.08. The predicted molar refractivity (Wildman–Crippen MR) is 135 cm³/mol. The van der Waals surface area contributed by atoms with Crippen molar-refractivity contribution in [2.24, 2.45) is 0 Å². The Morgan fingerprint density at radius 2 is 1.64 bits per heavy atom. The largest absolute Gasteiger partial charge is 0.507 e. The van der Waals surface area contributed by atoms with Crippen molar-refractivity contribution >= 4 is 27.5 Å². The van der Waals surface area contributed by atoms with Crippen LogP contribution in [0.2, 0.25) is 0 Å². The smallest absolute Gasteiger partial charge is 0.295 e. The van der Waals surface area contributed by atoms with Crippen LogP contribution in [-0.2, 0) is 24.3 Å². The molecule has 0 bridgehead atoms. The third-order valence-electron chi connectivity index (χ3n) is 6.54. The van der Waals surface area contributed by atoms with Crippen molar-refractivity contribution in [1.82, 2.24) is 14.1 Å². The van der Waals surface area contributed by atoms with Crippen LogP contribution in [0.1, 0.15) is 23.6 Å². The standard InChI is InChI=1S/C26H31N3O6S/c1-27(2)36(33,34)21-11-9-20(10-12-21)24(30)22-23(19-7-4-3-5-8-19)29(26(32)25(22)31)14-6-13-28-15-17-35-18-16-28/h3-5,7-12,23,30H,6,13-18H2,1-2H3/t23-/m1/s1. The van der Waals surface area contributed by atoms with Gasteiger partial charge in [-0.1, -0.05) is 30.3 Å². The number of nitrogens with zero attached hydrogens (tertiary/aromatic N) is 3. The molecule has 2 aliphatic heterocycles. The number of aliphatic hydroxyl groups is 1. The van der Waals surface area contributed by atoms with Gasteiger partial charge in [0.15, 0.2) is 0 Å². The number of ether oxygens (including phenoxy) is 1. The summed E-state index contributed by atoms with van der Waals surface area (Å²) in [7, 11) is -0.777. The second kappa shape index (κ2) is 10.9. The molecule has 192 valence electrons. The Labute approximate surface area is 211 Å². The van der Waals surface area contributed by atoms with E-state index in [1.54, 1.807) is 0 Å². The van der Waals surface area contributed by atoms with Gasteiger partial charge >= 0.3 is 0 Å². The molecule has 1 N–H and O–H groups in total. The highest BCUT2D eigenvalue weighted by Gasteiger charge is 2.45. The number of carbonyl (C=O) groups excluding carboxylic acids is 2. The molecular formula is C26H31N3O6S. The van der Waals surface area contributed by atoms with Crippen LogP contribution < -0.4 is 0 Å². The van der Waals surface area contributed by atoms with Gasteiger partial charge in [-0.3, -0.25) is 14.5 Å². The quantitative estimate of drug-likeness (QED) is 0.327. The first-order valence-corrected chi connectivity index (χ1v) is 13.3. The van der Waals surface area contributed by atoms with Crippen molar-refractivity contribution in [3.63, 3.8) is 0 Å². The van der Waals surface area contributed by atoms with Crippen LogP contribution in [0.25, 0.3) is 5.76 Å². The van der Waals surface area contributed by atoms with Gasteiger partial charge in [-0.05, 0) is 36.2 Å². The average molecular weight is 514 g/mol. The molecule has 4 rings (SSSR count). The second-order valence-corrected chi connectivity index (χ2v) is 11.2. The fourth-order valence-corrected chi connectivity index (χ4v) is 5.43. The Morgan fingerprint density at radius 1 is 1.00 bits per heavy atom. The van der Waals surface area contributed by atoms with E-state index in [2.05, 4.69) is 4.90 Å². The molecule has 10 heteroatoms. The van der Waals surface area contributed by atoms with E-state index in [1.165, 1.54) is 43.3 Å². The Bertz CT molecular complexity index is 1240. The molecule has 2 aliphatic rings. The summed E-state index contributed by atoms with van der Waals surface area (Å²) in [6.07, 6.45) is 0.674. The maximum Gasteiger partial charge on any atom is 0.295 e. The van der Waals surface area contributed by atoms with Crippen LogP contribution in [0.3, 0.4) is 0 Å². The topological polar surface area (TPSA) is 107 Å². The molecule has 0 aliphatic carbocycles. The number of sulfonamides is 1. The monoisotopic (exact) mass is 513 g/mol. The molecule has 0 radical (unpaired) electrons. The molecule has 0 spiro atoms. The first-order valence-electron chi connectivity index (χ1n) is 11.9. The van der Waals surface area contributed by atoms with E-state index in [0.717, 1.165) is 29.5 Å². The fourth-order valence-electron chi connectivity index (χ4n) is 4.53. The summed E-state index contributed by atoms with van der Waals surface area (Å²) in [5, 5.41) is 11.2. The van der Waals surface area contributed by atoms with E-state index in [1.807, 2.05) is 30.3 Å². The summed E-state index contributed by atoms with van der Waals surface area (Å²) in [4.78, 5) is 30.1. The number of carbonyl (C=O) groups is 2. The zero-order valence-corrected chi connectivity index (χ0v) is 21.3. The highest BCUT2D eigenvalue weighted by molar-refractivity contribution is 7.89. The molecule has 2 fully saturated rings. The number of aliphatic hydroxyl groups excluding tert-OH is 1. The molecule has 2 aromatic carbocycles. The van der Waals surface area contributed by atoms with E-state index >= 15 is 0 Å². The van der Waals surface area contributed by atoms with E-state index in [-0.39, 0.29) is 21.8 Å². The number of ketones is 1. The third kappa shape index (κ3) is 5.22. The maximum absolute atomic E-state index is 13.2. The third-order valence-corrected chi connectivity index (χ3v) is 8.37. The van der Waals surface area contributed by atoms with Gasteiger partial charge in [0.25, 0.3) is 11.7 Å². The molecule has 2 saturated heterocycles. The van der Waals surface area contributed by atoms with Crippen molar-refractivity contribution in [3.05, 3.63) is 71.3 Å². The lowest BCUT2D eigenvalue weighted by Crippen LogP contribution is -2.38. The Hall–Kier alpha value is -3.05. The zero-order valence-electron chi connectivity index (χ0n) is 20.5. The molecule has 9 nitrogen and oxygen atoms in total. The average Bonchev–Trinajstić information content (AvgIpc) is 3.14. The van der Waals surface area contributed by atoms with Gasteiger partial charge in [-0.2, -0.15) is 0 Å². The number of amides is 1. The van der Waals surface area contributed by atoms with Crippen LogP contribution in [0.15, 0.2) is 65.1 Å². The van der Waals surface area contributed by atoms with Crippen molar-refractivity contribution in [2.75, 3.05) is 53.5 Å². The van der Waals surface area contributed by atoms with Gasteiger partial charge in [-0.15, -0.1) is 0 Å². The summed E-state index contributed by atoms with van der Waals surface area (Å²) in [6.45, 7) is 4.17. The van der Waals surface area contributed by atoms with Crippen molar-refractivity contribution in [1.29, 1.82) is 0 Å². The minimum absolute atomic E-state index is 0.000731. The normalized spacial score (nSPS) is 20.9. The minimum atomic E-state index is -3.65. The van der Waals surface area contributed by atoms with Gasteiger partial charge in [0.1, 0.15) is 5.76 Å². The number of likely N-dealkylation sites (tertiary alicyclic amines) is 1. The van der Waals surface area contributed by atoms with Gasteiger partial charge in [0, 0.05) is 45.8 Å². The van der Waals surface area contributed by atoms with Crippen LogP contribution in [0, 0.1) is 0 Å². The van der Waals surface area contributed by atoms with Gasteiger partial charge < -0.3 is 14.7 Å². The number of hydrogen-bond acceptors (Lipinski definition) is 7. The van der Waals surface area contributed by atoms with Crippen LogP contribution >= 0.6 is 0 Å². The molecule has 1 atom stereocenters. The first-order chi connectivity index (χ1) is 17.2. The summed E-state index contributed by atoms with van der Waals surface area (Å²) in [6, 6.07) is 14.0. The summed E-state index contributed by atoms with van der Waals surface area (Å²) < 4.78 is 31.3.